The summed E-state index contributed by atoms with van der Waals surface area (Å²) in [4.78, 5) is 0. The molecule has 1 aliphatic rings. The van der Waals surface area contributed by atoms with E-state index in [9.17, 15) is 0 Å². The van der Waals surface area contributed by atoms with Gasteiger partial charge >= 0.3 is 0 Å². The zero-order chi connectivity index (χ0) is 11.5. The van der Waals surface area contributed by atoms with Crippen molar-refractivity contribution in [2.24, 2.45) is 5.73 Å². The number of allylic oxidation sites excluding steroid dienone is 1. The van der Waals surface area contributed by atoms with E-state index >= 15 is 0 Å². The number of rotatable bonds is 2. The van der Waals surface area contributed by atoms with Crippen LogP contribution < -0.4 is 5.73 Å². The number of ether oxygens (including phenoxy) is 1. The first-order valence-corrected chi connectivity index (χ1v) is 6.32. The van der Waals surface area contributed by atoms with Crippen molar-refractivity contribution >= 4 is 15.9 Å². The third kappa shape index (κ3) is 2.47. The van der Waals surface area contributed by atoms with Gasteiger partial charge < -0.3 is 10.5 Å². The maximum atomic E-state index is 6.17. The van der Waals surface area contributed by atoms with Gasteiger partial charge in [-0.3, -0.25) is 0 Å². The third-order valence-electron chi connectivity index (χ3n) is 2.82. The number of hydrogen-bond acceptors (Lipinski definition) is 2. The van der Waals surface area contributed by atoms with E-state index in [0.717, 1.165) is 35.2 Å². The number of hydrogen-bond donors (Lipinski definition) is 1. The van der Waals surface area contributed by atoms with Crippen LogP contribution in [0.3, 0.4) is 0 Å². The minimum absolute atomic E-state index is 0.141. The molecule has 0 amide bonds. The van der Waals surface area contributed by atoms with Gasteiger partial charge in [0.2, 0.25) is 0 Å². The molecule has 0 saturated carbocycles. The predicted molar refractivity (Wildman–Crippen MR) is 69.1 cm³/mol. The standard InChI is InChI=1S/C13H16BrNO/c1-9-5-6-10(8-11(9)14)13(15)12-4-2-3-7-16-12/h4-6,8,13H,2-3,7,15H2,1H3. The third-order valence-corrected chi connectivity index (χ3v) is 3.68. The van der Waals surface area contributed by atoms with Crippen molar-refractivity contribution in [3.8, 4) is 0 Å². The van der Waals surface area contributed by atoms with Crippen LogP contribution >= 0.6 is 15.9 Å². The van der Waals surface area contributed by atoms with Gasteiger partial charge in [-0.15, -0.1) is 0 Å². The number of aryl methyl sites for hydroxylation is 1. The highest BCUT2D eigenvalue weighted by atomic mass is 79.9. The summed E-state index contributed by atoms with van der Waals surface area (Å²) in [5.41, 5.74) is 8.48. The molecular weight excluding hydrogens is 266 g/mol. The molecule has 1 heterocycles. The summed E-state index contributed by atoms with van der Waals surface area (Å²) in [5.74, 6) is 0.905. The first-order chi connectivity index (χ1) is 7.68. The molecule has 1 aromatic carbocycles. The van der Waals surface area contributed by atoms with E-state index in [-0.39, 0.29) is 6.04 Å². The average Bonchev–Trinajstić information content (AvgIpc) is 2.33. The van der Waals surface area contributed by atoms with Gasteiger partial charge in [-0.05, 0) is 43.0 Å². The van der Waals surface area contributed by atoms with E-state index in [1.807, 2.05) is 0 Å². The summed E-state index contributed by atoms with van der Waals surface area (Å²) in [7, 11) is 0. The fourth-order valence-corrected chi connectivity index (χ4v) is 2.16. The lowest BCUT2D eigenvalue weighted by Gasteiger charge is -2.21. The second kappa shape index (κ2) is 5.02. The summed E-state index contributed by atoms with van der Waals surface area (Å²) in [6, 6.07) is 6.06. The molecule has 86 valence electrons. The van der Waals surface area contributed by atoms with Crippen LogP contribution in [-0.2, 0) is 4.74 Å². The first-order valence-electron chi connectivity index (χ1n) is 5.53. The number of benzene rings is 1. The van der Waals surface area contributed by atoms with E-state index in [1.54, 1.807) is 0 Å². The van der Waals surface area contributed by atoms with E-state index in [2.05, 4.69) is 47.1 Å². The van der Waals surface area contributed by atoms with Gasteiger partial charge in [0.15, 0.2) is 0 Å². The van der Waals surface area contributed by atoms with Crippen molar-refractivity contribution in [3.05, 3.63) is 45.6 Å². The van der Waals surface area contributed by atoms with Crippen LogP contribution in [0.25, 0.3) is 0 Å². The van der Waals surface area contributed by atoms with Crippen molar-refractivity contribution in [3.63, 3.8) is 0 Å². The lowest BCUT2D eigenvalue weighted by atomic mass is 10.0. The SMILES string of the molecule is Cc1ccc(C(N)C2=CCCCO2)cc1Br. The highest BCUT2D eigenvalue weighted by molar-refractivity contribution is 9.10. The highest BCUT2D eigenvalue weighted by Crippen LogP contribution is 2.27. The summed E-state index contributed by atoms with van der Waals surface area (Å²) in [6.07, 6.45) is 4.26. The Balaban J connectivity index is 2.22. The smallest absolute Gasteiger partial charge is 0.113 e. The molecule has 2 N–H and O–H groups in total. The van der Waals surface area contributed by atoms with Crippen LogP contribution in [0.5, 0.6) is 0 Å². The molecule has 1 aliphatic heterocycles. The highest BCUT2D eigenvalue weighted by Gasteiger charge is 2.16. The lowest BCUT2D eigenvalue weighted by Crippen LogP contribution is -2.17. The zero-order valence-corrected chi connectivity index (χ0v) is 11.0. The fourth-order valence-electron chi connectivity index (χ4n) is 1.76. The molecule has 1 aromatic rings. The van der Waals surface area contributed by atoms with Gasteiger partial charge in [0.25, 0.3) is 0 Å². The lowest BCUT2D eigenvalue weighted by molar-refractivity contribution is 0.176. The van der Waals surface area contributed by atoms with Crippen molar-refractivity contribution < 1.29 is 4.74 Å². The Morgan fingerprint density at radius 3 is 2.88 bits per heavy atom. The molecule has 1 atom stereocenters. The zero-order valence-electron chi connectivity index (χ0n) is 9.37. The second-order valence-electron chi connectivity index (χ2n) is 4.08. The summed E-state index contributed by atoms with van der Waals surface area (Å²) < 4.78 is 6.68. The normalized spacial score (nSPS) is 17.6. The molecule has 0 radical (unpaired) electrons. The van der Waals surface area contributed by atoms with Crippen LogP contribution in [0.4, 0.5) is 0 Å². The molecule has 0 saturated heterocycles. The monoisotopic (exact) mass is 281 g/mol. The number of nitrogens with two attached hydrogens (primary N) is 1. The Hall–Kier alpha value is -0.800. The maximum absolute atomic E-state index is 6.17. The summed E-state index contributed by atoms with van der Waals surface area (Å²) >= 11 is 3.52. The van der Waals surface area contributed by atoms with Crippen molar-refractivity contribution in [1.82, 2.24) is 0 Å². The van der Waals surface area contributed by atoms with Gasteiger partial charge in [-0.25, -0.2) is 0 Å². The van der Waals surface area contributed by atoms with E-state index in [4.69, 9.17) is 10.5 Å². The second-order valence-corrected chi connectivity index (χ2v) is 4.94. The van der Waals surface area contributed by atoms with Crippen LogP contribution in [0.1, 0.15) is 30.0 Å². The fraction of sp³-hybridized carbons (Fsp3) is 0.385. The maximum Gasteiger partial charge on any atom is 0.113 e. The molecule has 0 bridgehead atoms. The Labute approximate surface area is 105 Å². The van der Waals surface area contributed by atoms with E-state index in [0.29, 0.717) is 0 Å². The van der Waals surface area contributed by atoms with E-state index in [1.165, 1.54) is 5.56 Å². The molecule has 0 spiro atoms. The Kier molecular flexibility index (Phi) is 3.66. The first kappa shape index (κ1) is 11.7. The molecule has 2 rings (SSSR count). The van der Waals surface area contributed by atoms with Gasteiger partial charge in [-0.2, -0.15) is 0 Å². The van der Waals surface area contributed by atoms with Crippen molar-refractivity contribution in [1.29, 1.82) is 0 Å². The topological polar surface area (TPSA) is 35.2 Å². The van der Waals surface area contributed by atoms with Gasteiger partial charge in [0, 0.05) is 4.47 Å². The molecule has 2 nitrogen and oxygen atoms in total. The average molecular weight is 282 g/mol. The molecule has 3 heteroatoms. The summed E-state index contributed by atoms with van der Waals surface area (Å²) in [5, 5.41) is 0. The van der Waals surface area contributed by atoms with Crippen molar-refractivity contribution in [2.45, 2.75) is 25.8 Å². The molecular formula is C13H16BrNO. The van der Waals surface area contributed by atoms with Crippen LogP contribution in [-0.4, -0.2) is 6.61 Å². The van der Waals surface area contributed by atoms with Crippen LogP contribution in [0.15, 0.2) is 34.5 Å². The molecule has 1 unspecified atom stereocenters. The van der Waals surface area contributed by atoms with E-state index < -0.39 is 0 Å². The number of halogens is 1. The molecule has 0 aliphatic carbocycles. The Bertz CT molecular complexity index is 414. The molecule has 0 aromatic heterocycles. The minimum Gasteiger partial charge on any atom is -0.496 e. The Morgan fingerprint density at radius 2 is 2.25 bits per heavy atom. The van der Waals surface area contributed by atoms with Gasteiger partial charge in [0.1, 0.15) is 5.76 Å². The summed E-state index contributed by atoms with van der Waals surface area (Å²) in [6.45, 7) is 2.85. The Morgan fingerprint density at radius 1 is 1.44 bits per heavy atom. The minimum atomic E-state index is -0.141. The molecule has 0 fully saturated rings. The predicted octanol–water partition coefficient (Wildman–Crippen LogP) is 3.45. The van der Waals surface area contributed by atoms with Gasteiger partial charge in [-0.1, -0.05) is 28.1 Å². The van der Waals surface area contributed by atoms with Gasteiger partial charge in [0.05, 0.1) is 12.6 Å². The van der Waals surface area contributed by atoms with Crippen molar-refractivity contribution in [2.75, 3.05) is 6.61 Å². The van der Waals surface area contributed by atoms with Crippen LogP contribution in [0.2, 0.25) is 0 Å². The quantitative estimate of drug-likeness (QED) is 0.901. The largest absolute Gasteiger partial charge is 0.496 e. The van der Waals surface area contributed by atoms with Crippen LogP contribution in [0, 0.1) is 6.92 Å². The molecule has 16 heavy (non-hydrogen) atoms.